The van der Waals surface area contributed by atoms with Crippen LogP contribution in [0.5, 0.6) is 5.75 Å². The number of benzene rings is 2. The van der Waals surface area contributed by atoms with E-state index in [1.165, 1.54) is 11.3 Å². The zero-order valence-corrected chi connectivity index (χ0v) is 17.1. The van der Waals surface area contributed by atoms with Crippen molar-refractivity contribution in [1.82, 2.24) is 16.2 Å². The highest BCUT2D eigenvalue weighted by Gasteiger charge is 2.11. The molecule has 1 heterocycles. The molecule has 0 aliphatic heterocycles. The van der Waals surface area contributed by atoms with Gasteiger partial charge in [0.15, 0.2) is 6.61 Å². The molecule has 2 aromatic carbocycles. The zero-order chi connectivity index (χ0) is 21.3. The van der Waals surface area contributed by atoms with Gasteiger partial charge in [-0.15, -0.1) is 11.3 Å². The molecular formula is C22H21N3O4S. The van der Waals surface area contributed by atoms with Gasteiger partial charge in [-0.05, 0) is 30.7 Å². The Hall–Kier alpha value is -3.65. The normalized spacial score (nSPS) is 10.2. The van der Waals surface area contributed by atoms with Crippen molar-refractivity contribution in [3.8, 4) is 16.9 Å². The standard InChI is InChI=1S/C22H21N3O4S/c1-15-11-12-19(30-15)22(28)23-13-20(26)24-25-21(27)14-29-18-10-6-5-9-17(18)16-7-3-2-4-8-16/h2-12H,13-14H2,1H3,(H,23,28)(H,24,26)(H,25,27). The van der Waals surface area contributed by atoms with Crippen LogP contribution in [0.25, 0.3) is 11.1 Å². The van der Waals surface area contributed by atoms with Gasteiger partial charge in [-0.3, -0.25) is 25.2 Å². The molecule has 0 radical (unpaired) electrons. The molecule has 0 atom stereocenters. The number of aryl methyl sites for hydroxylation is 1. The molecule has 3 N–H and O–H groups in total. The van der Waals surface area contributed by atoms with Gasteiger partial charge in [-0.1, -0.05) is 48.5 Å². The first-order valence-corrected chi connectivity index (χ1v) is 10.0. The molecule has 3 aromatic rings. The van der Waals surface area contributed by atoms with Crippen molar-refractivity contribution in [3.63, 3.8) is 0 Å². The van der Waals surface area contributed by atoms with E-state index in [0.717, 1.165) is 16.0 Å². The molecule has 0 aliphatic rings. The highest BCUT2D eigenvalue weighted by Crippen LogP contribution is 2.29. The maximum atomic E-state index is 12.0. The lowest BCUT2D eigenvalue weighted by Crippen LogP contribution is -2.47. The lowest BCUT2D eigenvalue weighted by atomic mass is 10.1. The van der Waals surface area contributed by atoms with Crippen molar-refractivity contribution >= 4 is 29.1 Å². The largest absolute Gasteiger partial charge is 0.483 e. The lowest BCUT2D eigenvalue weighted by Gasteiger charge is -2.12. The van der Waals surface area contributed by atoms with Gasteiger partial charge in [-0.25, -0.2) is 0 Å². The summed E-state index contributed by atoms with van der Waals surface area (Å²) in [4.78, 5) is 37.3. The second-order valence-corrected chi connectivity index (χ2v) is 7.63. The minimum atomic E-state index is -0.547. The second-order valence-electron chi connectivity index (χ2n) is 6.34. The first-order chi connectivity index (χ1) is 14.5. The average Bonchev–Trinajstić information content (AvgIpc) is 3.21. The van der Waals surface area contributed by atoms with Crippen LogP contribution in [0.15, 0.2) is 66.7 Å². The number of carbonyl (C=O) groups is 3. The number of para-hydroxylation sites is 1. The van der Waals surface area contributed by atoms with Gasteiger partial charge in [0.1, 0.15) is 5.75 Å². The average molecular weight is 423 g/mol. The number of ether oxygens (including phenoxy) is 1. The smallest absolute Gasteiger partial charge is 0.276 e. The predicted molar refractivity (Wildman–Crippen MR) is 115 cm³/mol. The SMILES string of the molecule is Cc1ccc(C(=O)NCC(=O)NNC(=O)COc2ccccc2-c2ccccc2)s1. The molecule has 7 nitrogen and oxygen atoms in total. The molecular weight excluding hydrogens is 402 g/mol. The number of hydrazine groups is 1. The third-order valence-electron chi connectivity index (χ3n) is 4.05. The Morgan fingerprint density at radius 3 is 2.30 bits per heavy atom. The summed E-state index contributed by atoms with van der Waals surface area (Å²) in [6.07, 6.45) is 0. The number of carbonyl (C=O) groups excluding carboxylic acids is 3. The third-order valence-corrected chi connectivity index (χ3v) is 5.05. The van der Waals surface area contributed by atoms with Gasteiger partial charge in [-0.2, -0.15) is 0 Å². The molecule has 8 heteroatoms. The zero-order valence-electron chi connectivity index (χ0n) is 16.3. The molecule has 0 fully saturated rings. The lowest BCUT2D eigenvalue weighted by molar-refractivity contribution is -0.129. The van der Waals surface area contributed by atoms with E-state index < -0.39 is 11.8 Å². The van der Waals surface area contributed by atoms with Crippen molar-refractivity contribution in [2.24, 2.45) is 0 Å². The summed E-state index contributed by atoms with van der Waals surface area (Å²) < 4.78 is 5.61. The summed E-state index contributed by atoms with van der Waals surface area (Å²) in [5.74, 6) is -0.847. The van der Waals surface area contributed by atoms with Gasteiger partial charge in [0.25, 0.3) is 17.7 Å². The summed E-state index contributed by atoms with van der Waals surface area (Å²) in [6.45, 7) is 1.36. The maximum Gasteiger partial charge on any atom is 0.276 e. The van der Waals surface area contributed by atoms with Crippen LogP contribution in [-0.4, -0.2) is 30.9 Å². The Balaban J connectivity index is 1.43. The van der Waals surface area contributed by atoms with E-state index in [1.807, 2.05) is 61.5 Å². The predicted octanol–water partition coefficient (Wildman–Crippen LogP) is 2.68. The molecule has 0 saturated carbocycles. The van der Waals surface area contributed by atoms with Gasteiger partial charge < -0.3 is 10.1 Å². The molecule has 0 saturated heterocycles. The highest BCUT2D eigenvalue weighted by molar-refractivity contribution is 7.13. The van der Waals surface area contributed by atoms with Crippen molar-refractivity contribution < 1.29 is 19.1 Å². The number of rotatable bonds is 7. The minimum Gasteiger partial charge on any atom is -0.483 e. The van der Waals surface area contributed by atoms with Crippen LogP contribution in [0, 0.1) is 6.92 Å². The van der Waals surface area contributed by atoms with Gasteiger partial charge in [0.05, 0.1) is 11.4 Å². The molecule has 3 rings (SSSR count). The van der Waals surface area contributed by atoms with E-state index in [0.29, 0.717) is 10.6 Å². The van der Waals surface area contributed by atoms with Crippen molar-refractivity contribution in [3.05, 3.63) is 76.5 Å². The van der Waals surface area contributed by atoms with Gasteiger partial charge in [0, 0.05) is 10.4 Å². The van der Waals surface area contributed by atoms with E-state index in [-0.39, 0.29) is 19.1 Å². The molecule has 30 heavy (non-hydrogen) atoms. The van der Waals surface area contributed by atoms with Crippen LogP contribution < -0.4 is 20.9 Å². The Bertz CT molecular complexity index is 1030. The van der Waals surface area contributed by atoms with Crippen molar-refractivity contribution in [2.75, 3.05) is 13.2 Å². The van der Waals surface area contributed by atoms with Crippen LogP contribution in [-0.2, 0) is 9.59 Å². The van der Waals surface area contributed by atoms with Crippen molar-refractivity contribution in [1.29, 1.82) is 0 Å². The van der Waals surface area contributed by atoms with E-state index >= 15 is 0 Å². The Labute approximate surface area is 178 Å². The summed E-state index contributed by atoms with van der Waals surface area (Å²) in [5, 5.41) is 2.50. The summed E-state index contributed by atoms with van der Waals surface area (Å²) in [7, 11) is 0. The van der Waals surface area contributed by atoms with E-state index in [2.05, 4.69) is 16.2 Å². The fraction of sp³-hybridized carbons (Fsp3) is 0.136. The molecule has 0 aliphatic carbocycles. The van der Waals surface area contributed by atoms with Crippen LogP contribution in [0.1, 0.15) is 14.5 Å². The van der Waals surface area contributed by atoms with E-state index in [1.54, 1.807) is 12.1 Å². The molecule has 1 aromatic heterocycles. The third kappa shape index (κ3) is 5.92. The molecule has 154 valence electrons. The molecule has 0 bridgehead atoms. The quantitative estimate of drug-likeness (QED) is 0.509. The Morgan fingerprint density at radius 2 is 1.57 bits per heavy atom. The first-order valence-electron chi connectivity index (χ1n) is 9.22. The summed E-state index contributed by atoms with van der Waals surface area (Å²) >= 11 is 1.34. The monoisotopic (exact) mass is 423 g/mol. The Kier molecular flexibility index (Phi) is 7.18. The number of thiophene rings is 1. The number of hydrogen-bond donors (Lipinski definition) is 3. The summed E-state index contributed by atoms with van der Waals surface area (Å²) in [6, 6.07) is 20.6. The fourth-order valence-electron chi connectivity index (χ4n) is 2.62. The highest BCUT2D eigenvalue weighted by atomic mass is 32.1. The minimum absolute atomic E-state index is 0.256. The van der Waals surface area contributed by atoms with Crippen LogP contribution in [0.2, 0.25) is 0 Å². The number of hydrogen-bond acceptors (Lipinski definition) is 5. The summed E-state index contributed by atoms with van der Waals surface area (Å²) in [5.41, 5.74) is 6.35. The number of nitrogens with one attached hydrogen (secondary N) is 3. The van der Waals surface area contributed by atoms with Gasteiger partial charge >= 0.3 is 0 Å². The van der Waals surface area contributed by atoms with Crippen molar-refractivity contribution in [2.45, 2.75) is 6.92 Å². The van der Waals surface area contributed by atoms with Crippen LogP contribution in [0.3, 0.4) is 0 Å². The molecule has 0 unspecified atom stereocenters. The molecule has 3 amide bonds. The van der Waals surface area contributed by atoms with E-state index in [9.17, 15) is 14.4 Å². The Morgan fingerprint density at radius 1 is 0.867 bits per heavy atom. The van der Waals surface area contributed by atoms with E-state index in [4.69, 9.17) is 4.74 Å². The molecule has 0 spiro atoms. The van der Waals surface area contributed by atoms with Crippen LogP contribution >= 0.6 is 11.3 Å². The first kappa shape index (κ1) is 21.1. The second kappa shape index (κ2) is 10.2. The fourth-order valence-corrected chi connectivity index (χ4v) is 3.40. The maximum absolute atomic E-state index is 12.0. The topological polar surface area (TPSA) is 96.5 Å². The number of amides is 3. The van der Waals surface area contributed by atoms with Gasteiger partial charge in [0.2, 0.25) is 0 Å². The van der Waals surface area contributed by atoms with Crippen LogP contribution in [0.4, 0.5) is 0 Å².